The second-order valence-electron chi connectivity index (χ2n) is 7.13. The fourth-order valence-electron chi connectivity index (χ4n) is 2.82. The number of ether oxygens (including phenoxy) is 1. The maximum absolute atomic E-state index is 12.5. The third kappa shape index (κ3) is 9.79. The molecular formula is C22H28N4O5S2. The Kier molecular flexibility index (Phi) is 11.1. The van der Waals surface area contributed by atoms with Gasteiger partial charge in [0.1, 0.15) is 18.7 Å². The van der Waals surface area contributed by atoms with Gasteiger partial charge in [0.15, 0.2) is 5.12 Å². The summed E-state index contributed by atoms with van der Waals surface area (Å²) < 4.78 is 5.39. The van der Waals surface area contributed by atoms with Crippen LogP contribution in [0.1, 0.15) is 37.9 Å². The molecule has 2 heterocycles. The number of pyridine rings is 1. The van der Waals surface area contributed by atoms with Gasteiger partial charge in [0, 0.05) is 24.4 Å². The molecule has 11 heteroatoms. The predicted molar refractivity (Wildman–Crippen MR) is 130 cm³/mol. The van der Waals surface area contributed by atoms with E-state index in [0.717, 1.165) is 5.56 Å². The van der Waals surface area contributed by atoms with Crippen molar-refractivity contribution in [2.24, 2.45) is 4.99 Å². The van der Waals surface area contributed by atoms with E-state index >= 15 is 0 Å². The van der Waals surface area contributed by atoms with Crippen molar-refractivity contribution in [1.29, 1.82) is 0 Å². The van der Waals surface area contributed by atoms with E-state index in [1.807, 2.05) is 12.3 Å². The van der Waals surface area contributed by atoms with Crippen molar-refractivity contribution in [3.63, 3.8) is 0 Å². The molecule has 33 heavy (non-hydrogen) atoms. The number of aliphatic imine (C=N–C) groups is 1. The van der Waals surface area contributed by atoms with Crippen LogP contribution in [-0.2, 0) is 30.5 Å². The molecule has 2 unspecified atom stereocenters. The third-order valence-corrected chi connectivity index (χ3v) is 6.00. The summed E-state index contributed by atoms with van der Waals surface area (Å²) in [5.41, 5.74) is 1.43. The number of amides is 2. The van der Waals surface area contributed by atoms with Crippen molar-refractivity contribution in [2.45, 2.75) is 45.4 Å². The van der Waals surface area contributed by atoms with Gasteiger partial charge < -0.3 is 15.4 Å². The van der Waals surface area contributed by atoms with Gasteiger partial charge >= 0.3 is 5.97 Å². The largest absolute Gasteiger partial charge is 0.456 e. The van der Waals surface area contributed by atoms with E-state index < -0.39 is 24.0 Å². The van der Waals surface area contributed by atoms with Crippen molar-refractivity contribution >= 4 is 51.5 Å². The minimum Gasteiger partial charge on any atom is -0.456 e. The van der Waals surface area contributed by atoms with Gasteiger partial charge in [-0.25, -0.2) is 0 Å². The van der Waals surface area contributed by atoms with Crippen molar-refractivity contribution < 1.29 is 23.9 Å². The smallest absolute Gasteiger partial charge is 0.326 e. The maximum atomic E-state index is 12.5. The van der Waals surface area contributed by atoms with Gasteiger partial charge in [-0.15, -0.1) is 11.8 Å². The van der Waals surface area contributed by atoms with Crippen molar-refractivity contribution in [2.75, 3.05) is 18.6 Å². The Hall–Kier alpha value is -2.66. The summed E-state index contributed by atoms with van der Waals surface area (Å²) in [4.78, 5) is 56.9. The monoisotopic (exact) mass is 492 g/mol. The van der Waals surface area contributed by atoms with Crippen LogP contribution in [0.4, 0.5) is 0 Å². The Morgan fingerprint density at radius 3 is 2.79 bits per heavy atom. The van der Waals surface area contributed by atoms with E-state index in [4.69, 9.17) is 4.74 Å². The number of hydrogen-bond donors (Lipinski definition) is 2. The van der Waals surface area contributed by atoms with Gasteiger partial charge in [0.2, 0.25) is 11.8 Å². The fourth-order valence-corrected chi connectivity index (χ4v) is 3.98. The number of carbonyl (C=O) groups excluding carboxylic acids is 4. The molecule has 1 aliphatic rings. The Labute approximate surface area is 201 Å². The lowest BCUT2D eigenvalue weighted by Gasteiger charge is -2.16. The predicted octanol–water partition coefficient (Wildman–Crippen LogP) is 1.85. The zero-order valence-electron chi connectivity index (χ0n) is 18.8. The topological polar surface area (TPSA) is 127 Å². The Balaban J connectivity index is 2.19. The number of rotatable bonds is 4. The molecule has 0 saturated heterocycles. The van der Waals surface area contributed by atoms with E-state index in [0.29, 0.717) is 22.9 Å². The number of nitrogens with one attached hydrogen (secondary N) is 2. The highest BCUT2D eigenvalue weighted by Gasteiger charge is 2.19. The minimum absolute atomic E-state index is 0.0237. The molecule has 1 aliphatic heterocycles. The quantitative estimate of drug-likeness (QED) is 0.370. The van der Waals surface area contributed by atoms with E-state index in [-0.39, 0.29) is 30.5 Å². The van der Waals surface area contributed by atoms with Crippen molar-refractivity contribution in [1.82, 2.24) is 15.6 Å². The number of allylic oxidation sites excluding steroid dienone is 1. The zero-order valence-corrected chi connectivity index (χ0v) is 20.5. The third-order valence-electron chi connectivity index (χ3n) is 4.43. The van der Waals surface area contributed by atoms with Crippen LogP contribution in [0.3, 0.4) is 0 Å². The van der Waals surface area contributed by atoms with Crippen LogP contribution in [0.2, 0.25) is 0 Å². The summed E-state index contributed by atoms with van der Waals surface area (Å²) in [5, 5.41) is 5.99. The Morgan fingerprint density at radius 2 is 2.06 bits per heavy atom. The van der Waals surface area contributed by atoms with Crippen LogP contribution in [0.15, 0.2) is 35.5 Å². The maximum Gasteiger partial charge on any atom is 0.326 e. The number of cyclic esters (lactones) is 1. The first kappa shape index (κ1) is 26.6. The van der Waals surface area contributed by atoms with Crippen LogP contribution < -0.4 is 10.6 Å². The van der Waals surface area contributed by atoms with Crippen LogP contribution >= 0.6 is 23.5 Å². The number of esters is 1. The van der Waals surface area contributed by atoms with Crippen LogP contribution in [0.25, 0.3) is 0 Å². The number of fused-ring (bicyclic) bond motifs is 2. The molecule has 0 aliphatic carbocycles. The zero-order chi connectivity index (χ0) is 24.2. The first-order valence-electron chi connectivity index (χ1n) is 10.4. The fraction of sp³-hybridized carbons (Fsp3) is 0.455. The number of hydrogen-bond acceptors (Lipinski definition) is 9. The SMILES string of the molecule is CS/C1=N\C(C)C(=O)NCC(=O)OC(/C=C/CCSC(C)=O)CC(=O)NCc2cc1ccn2. The molecule has 0 radical (unpaired) electrons. The lowest BCUT2D eigenvalue weighted by atomic mass is 10.2. The summed E-state index contributed by atoms with van der Waals surface area (Å²) in [6.07, 6.45) is 6.58. The summed E-state index contributed by atoms with van der Waals surface area (Å²) in [6, 6.07) is 2.90. The van der Waals surface area contributed by atoms with Crippen LogP contribution in [0, 0.1) is 0 Å². The second kappa shape index (κ2) is 13.8. The lowest BCUT2D eigenvalue weighted by molar-refractivity contribution is -0.148. The van der Waals surface area contributed by atoms with Gasteiger partial charge in [-0.2, -0.15) is 0 Å². The lowest BCUT2D eigenvalue weighted by Crippen LogP contribution is -2.38. The average molecular weight is 493 g/mol. The number of carbonyl (C=O) groups is 4. The van der Waals surface area contributed by atoms with E-state index in [9.17, 15) is 19.2 Å². The summed E-state index contributed by atoms with van der Waals surface area (Å²) in [5.74, 6) is -0.797. The van der Waals surface area contributed by atoms with Crippen LogP contribution in [-0.4, -0.2) is 63.6 Å². The highest BCUT2D eigenvalue weighted by molar-refractivity contribution is 8.14. The molecule has 1 aromatic rings. The molecule has 2 atom stereocenters. The highest BCUT2D eigenvalue weighted by atomic mass is 32.2. The Bertz CT molecular complexity index is 935. The van der Waals surface area contributed by atoms with Gasteiger partial charge in [-0.05, 0) is 37.8 Å². The van der Waals surface area contributed by atoms with Gasteiger partial charge in [0.05, 0.1) is 23.7 Å². The number of aromatic nitrogens is 1. The van der Waals surface area contributed by atoms with Gasteiger partial charge in [-0.1, -0.05) is 17.8 Å². The van der Waals surface area contributed by atoms with Gasteiger partial charge in [0.25, 0.3) is 0 Å². The molecule has 1 aromatic heterocycles. The molecule has 2 N–H and O–H groups in total. The van der Waals surface area contributed by atoms with Crippen LogP contribution in [0.5, 0.6) is 0 Å². The van der Waals surface area contributed by atoms with E-state index in [2.05, 4.69) is 20.6 Å². The average Bonchev–Trinajstić information content (AvgIpc) is 2.78. The standard InChI is InChI=1S/C22H28N4O5S2/c1-14-21(30)25-13-20(29)31-18(6-4-5-9-33-15(2)27)11-19(28)24-12-17-10-16(7-8-23-17)22(26-14)32-3/h4,6-8,10,14,18H,5,9,11-13H2,1-3H3,(H,24,28)(H,25,30)/b6-4+,26-22-. The van der Waals surface area contributed by atoms with Crippen molar-refractivity contribution in [3.05, 3.63) is 41.7 Å². The molecule has 9 nitrogen and oxygen atoms in total. The minimum atomic E-state index is -0.803. The summed E-state index contributed by atoms with van der Waals surface area (Å²) >= 11 is 2.59. The van der Waals surface area contributed by atoms with E-state index in [1.54, 1.807) is 31.3 Å². The Morgan fingerprint density at radius 1 is 1.27 bits per heavy atom. The number of thioether (sulfide) groups is 2. The molecule has 0 spiro atoms. The highest BCUT2D eigenvalue weighted by Crippen LogP contribution is 2.14. The molecule has 0 saturated carbocycles. The van der Waals surface area contributed by atoms with E-state index in [1.165, 1.54) is 30.4 Å². The molecule has 178 valence electrons. The molecule has 2 amide bonds. The van der Waals surface area contributed by atoms with Gasteiger partial charge in [-0.3, -0.25) is 29.2 Å². The molecule has 0 fully saturated rings. The number of nitrogens with zero attached hydrogens (tertiary/aromatic N) is 2. The second-order valence-corrected chi connectivity index (χ2v) is 9.20. The summed E-state index contributed by atoms with van der Waals surface area (Å²) in [7, 11) is 0. The normalized spacial score (nSPS) is 22.2. The molecule has 0 aromatic carbocycles. The first-order chi connectivity index (χ1) is 15.8. The molecular weight excluding hydrogens is 464 g/mol. The first-order valence-corrected chi connectivity index (χ1v) is 12.6. The van der Waals surface area contributed by atoms with Crippen molar-refractivity contribution in [3.8, 4) is 0 Å². The molecule has 2 bridgehead atoms. The molecule has 2 rings (SSSR count). The summed E-state index contributed by atoms with van der Waals surface area (Å²) in [6.45, 7) is 3.00.